The maximum absolute atomic E-state index is 9.97. The van der Waals surface area contributed by atoms with Crippen molar-refractivity contribution in [2.45, 2.75) is 0 Å². The smallest absolute Gasteiger partial charge is 0.209 e. The van der Waals surface area contributed by atoms with Gasteiger partial charge in [-0.3, -0.25) is 0 Å². The third-order valence-electron chi connectivity index (χ3n) is 0.470. The van der Waals surface area contributed by atoms with Crippen LogP contribution in [-0.4, -0.2) is 19.2 Å². The summed E-state index contributed by atoms with van der Waals surface area (Å²) < 4.78 is 20.6. The SMILES string of the molecule is NS(=O)(=O)N1C=N1. The second kappa shape index (κ2) is 0.958. The first-order valence-electron chi connectivity index (χ1n) is 1.47. The van der Waals surface area contributed by atoms with E-state index >= 15 is 0 Å². The number of hydrazone groups is 1. The summed E-state index contributed by atoms with van der Waals surface area (Å²) in [5.41, 5.74) is 0. The molecule has 0 bridgehead atoms. The summed E-state index contributed by atoms with van der Waals surface area (Å²) in [7, 11) is -3.52. The Bertz CT molecular complexity index is 185. The predicted molar refractivity (Wildman–Crippen MR) is 23.4 cm³/mol. The van der Waals surface area contributed by atoms with Crippen molar-refractivity contribution >= 4 is 16.5 Å². The van der Waals surface area contributed by atoms with Crippen molar-refractivity contribution < 1.29 is 8.42 Å². The standard InChI is InChI=1S/CH3N3O2S/c2-7(5,6)4-1-3-4/h1H,(H2,2,5,6). The largest absolute Gasteiger partial charge is 0.319 e. The quantitative estimate of drug-likeness (QED) is 0.456. The number of hydrogen-bond donors (Lipinski definition) is 1. The monoisotopic (exact) mass is 121 g/mol. The molecule has 0 aromatic rings. The Morgan fingerprint density at radius 1 is 1.71 bits per heavy atom. The Hall–Kier alpha value is -0.620. The molecule has 0 saturated carbocycles. The van der Waals surface area contributed by atoms with Gasteiger partial charge in [-0.25, -0.2) is 5.14 Å². The highest BCUT2D eigenvalue weighted by atomic mass is 32.2. The fourth-order valence-corrected chi connectivity index (χ4v) is 0.457. The first-order valence-corrected chi connectivity index (χ1v) is 2.97. The minimum absolute atomic E-state index is 0.688. The second-order valence-corrected chi connectivity index (χ2v) is 2.45. The molecule has 1 rings (SSSR count). The average Bonchev–Trinajstić information content (AvgIpc) is 1.99. The van der Waals surface area contributed by atoms with Crippen molar-refractivity contribution in [3.05, 3.63) is 0 Å². The van der Waals surface area contributed by atoms with Gasteiger partial charge in [-0.1, -0.05) is 0 Å². The highest BCUT2D eigenvalue weighted by Crippen LogP contribution is 2.00. The number of nitrogens with zero attached hydrogens (tertiary/aromatic N) is 2. The topological polar surface area (TPSA) is 75.5 Å². The Morgan fingerprint density at radius 3 is 2.14 bits per heavy atom. The van der Waals surface area contributed by atoms with Crippen molar-refractivity contribution in [3.8, 4) is 0 Å². The molecule has 0 amide bonds. The summed E-state index contributed by atoms with van der Waals surface area (Å²) in [6.45, 7) is 0. The van der Waals surface area contributed by atoms with E-state index in [0.29, 0.717) is 4.41 Å². The van der Waals surface area contributed by atoms with Crippen molar-refractivity contribution in [1.82, 2.24) is 4.41 Å². The van der Waals surface area contributed by atoms with Gasteiger partial charge in [0, 0.05) is 0 Å². The molecule has 0 aromatic heterocycles. The van der Waals surface area contributed by atoms with Crippen molar-refractivity contribution in [1.29, 1.82) is 0 Å². The van der Waals surface area contributed by atoms with Crippen LogP contribution in [0.5, 0.6) is 0 Å². The number of hydrogen-bond acceptors (Lipinski definition) is 3. The van der Waals surface area contributed by atoms with Crippen molar-refractivity contribution in [2.24, 2.45) is 10.2 Å². The minimum Gasteiger partial charge on any atom is -0.209 e. The summed E-state index contributed by atoms with van der Waals surface area (Å²) in [5, 5.41) is 7.68. The number of rotatable bonds is 1. The summed E-state index contributed by atoms with van der Waals surface area (Å²) in [6.07, 6.45) is 1.12. The Labute approximate surface area is 40.6 Å². The summed E-state index contributed by atoms with van der Waals surface area (Å²) in [6, 6.07) is 0. The van der Waals surface area contributed by atoms with E-state index in [9.17, 15) is 8.42 Å². The minimum atomic E-state index is -3.52. The number of nitrogens with two attached hydrogens (primary N) is 1. The molecule has 2 N–H and O–H groups in total. The molecule has 7 heavy (non-hydrogen) atoms. The molecular weight excluding hydrogens is 118 g/mol. The molecule has 1 aliphatic heterocycles. The molecule has 0 saturated heterocycles. The van der Waals surface area contributed by atoms with Gasteiger partial charge in [0.15, 0.2) is 6.34 Å². The molecule has 1 heterocycles. The van der Waals surface area contributed by atoms with Gasteiger partial charge in [0.05, 0.1) is 0 Å². The first kappa shape index (κ1) is 4.54. The van der Waals surface area contributed by atoms with Crippen LogP contribution < -0.4 is 5.14 Å². The highest BCUT2D eigenvalue weighted by molar-refractivity contribution is 7.87. The predicted octanol–water partition coefficient (Wildman–Crippen LogP) is -1.55. The lowest BCUT2D eigenvalue weighted by atomic mass is 11.6. The van der Waals surface area contributed by atoms with Crippen LogP contribution in [0.4, 0.5) is 0 Å². The van der Waals surface area contributed by atoms with Gasteiger partial charge in [0.25, 0.3) is 0 Å². The molecule has 0 aliphatic carbocycles. The molecule has 0 fully saturated rings. The van der Waals surface area contributed by atoms with Crippen molar-refractivity contribution in [3.63, 3.8) is 0 Å². The third-order valence-corrected chi connectivity index (χ3v) is 1.18. The molecule has 0 atom stereocenters. The van der Waals surface area contributed by atoms with Gasteiger partial charge in [-0.15, -0.1) is 9.52 Å². The van der Waals surface area contributed by atoms with E-state index in [-0.39, 0.29) is 0 Å². The van der Waals surface area contributed by atoms with Gasteiger partial charge in [-0.05, 0) is 0 Å². The van der Waals surface area contributed by atoms with E-state index in [1.54, 1.807) is 0 Å². The lowest BCUT2D eigenvalue weighted by molar-refractivity contribution is 0.565. The molecule has 6 heteroatoms. The van der Waals surface area contributed by atoms with E-state index in [0.717, 1.165) is 6.34 Å². The Kier molecular flexibility index (Phi) is 0.621. The van der Waals surface area contributed by atoms with Crippen LogP contribution in [0.2, 0.25) is 0 Å². The van der Waals surface area contributed by atoms with Gasteiger partial charge in [-0.2, -0.15) is 8.42 Å². The van der Waals surface area contributed by atoms with Crippen LogP contribution in [0.15, 0.2) is 5.10 Å². The van der Waals surface area contributed by atoms with Crippen LogP contribution >= 0.6 is 0 Å². The molecule has 0 aromatic carbocycles. The molecule has 0 radical (unpaired) electrons. The average molecular weight is 121 g/mol. The molecule has 5 nitrogen and oxygen atoms in total. The summed E-state index contributed by atoms with van der Waals surface area (Å²) in [4.78, 5) is 0. The zero-order valence-corrected chi connectivity index (χ0v) is 4.09. The van der Waals surface area contributed by atoms with Gasteiger partial charge < -0.3 is 0 Å². The Balaban J connectivity index is 2.74. The summed E-state index contributed by atoms with van der Waals surface area (Å²) >= 11 is 0. The zero-order chi connectivity index (χ0) is 5.49. The lowest BCUT2D eigenvalue weighted by Crippen LogP contribution is -2.21. The van der Waals surface area contributed by atoms with Crippen LogP contribution in [0.1, 0.15) is 0 Å². The van der Waals surface area contributed by atoms with Gasteiger partial charge in [0.1, 0.15) is 0 Å². The summed E-state index contributed by atoms with van der Waals surface area (Å²) in [5.74, 6) is 0. The zero-order valence-electron chi connectivity index (χ0n) is 3.27. The highest BCUT2D eigenvalue weighted by Gasteiger charge is 2.19. The maximum Gasteiger partial charge on any atom is 0.319 e. The normalized spacial score (nSPS) is 17.6. The van der Waals surface area contributed by atoms with Crippen LogP contribution in [0.25, 0.3) is 0 Å². The van der Waals surface area contributed by atoms with Crippen molar-refractivity contribution in [2.75, 3.05) is 0 Å². The lowest BCUT2D eigenvalue weighted by Gasteiger charge is -1.89. The molecule has 0 spiro atoms. The van der Waals surface area contributed by atoms with Gasteiger partial charge >= 0.3 is 10.2 Å². The first-order chi connectivity index (χ1) is 3.11. The van der Waals surface area contributed by atoms with E-state index < -0.39 is 10.2 Å². The Morgan fingerprint density at radius 2 is 2.14 bits per heavy atom. The molecular formula is CH3N3O2S. The molecule has 0 unspecified atom stereocenters. The maximum atomic E-state index is 9.97. The van der Waals surface area contributed by atoms with Crippen LogP contribution in [0.3, 0.4) is 0 Å². The fraction of sp³-hybridized carbons (Fsp3) is 0. The molecule has 40 valence electrons. The van der Waals surface area contributed by atoms with E-state index in [4.69, 9.17) is 0 Å². The fourth-order valence-electron chi connectivity index (χ4n) is 0.152. The van der Waals surface area contributed by atoms with E-state index in [1.165, 1.54) is 0 Å². The van der Waals surface area contributed by atoms with E-state index in [1.807, 2.05) is 0 Å². The van der Waals surface area contributed by atoms with Crippen LogP contribution in [0, 0.1) is 0 Å². The van der Waals surface area contributed by atoms with Crippen LogP contribution in [-0.2, 0) is 10.2 Å². The van der Waals surface area contributed by atoms with Gasteiger partial charge in [0.2, 0.25) is 0 Å². The second-order valence-electron chi connectivity index (χ2n) is 1.05. The molecule has 1 aliphatic rings. The van der Waals surface area contributed by atoms with E-state index in [2.05, 4.69) is 10.2 Å². The third kappa shape index (κ3) is 0.875.